The number of amides is 1. The highest BCUT2D eigenvalue weighted by Crippen LogP contribution is 2.39. The van der Waals surface area contributed by atoms with Gasteiger partial charge in [0.2, 0.25) is 0 Å². The van der Waals surface area contributed by atoms with Crippen LogP contribution in [0.3, 0.4) is 0 Å². The summed E-state index contributed by atoms with van der Waals surface area (Å²) in [7, 11) is 1.56. The third-order valence-corrected chi connectivity index (χ3v) is 4.22. The molecule has 5 heteroatoms. The van der Waals surface area contributed by atoms with E-state index in [0.29, 0.717) is 11.3 Å². The second-order valence-electron chi connectivity index (χ2n) is 5.78. The lowest BCUT2D eigenvalue weighted by Crippen LogP contribution is -2.03. The van der Waals surface area contributed by atoms with E-state index in [9.17, 15) is 9.90 Å². The van der Waals surface area contributed by atoms with Crippen molar-refractivity contribution >= 4 is 23.2 Å². The summed E-state index contributed by atoms with van der Waals surface area (Å²) in [6.45, 7) is 0. The number of nitrogens with one attached hydrogen (secondary N) is 2. The Morgan fingerprint density at radius 2 is 1.92 bits per heavy atom. The molecule has 0 radical (unpaired) electrons. The number of carbonyl (C=O) groups excluding carboxylic acids is 1. The number of anilines is 1. The van der Waals surface area contributed by atoms with Crippen molar-refractivity contribution in [2.75, 3.05) is 12.4 Å². The van der Waals surface area contributed by atoms with Crippen LogP contribution in [-0.2, 0) is 4.79 Å². The van der Waals surface area contributed by atoms with E-state index in [1.165, 1.54) is 0 Å². The molecular weight excluding hydrogens is 316 g/mol. The van der Waals surface area contributed by atoms with Crippen LogP contribution in [0, 0.1) is 0 Å². The van der Waals surface area contributed by atoms with Crippen LogP contribution in [-0.4, -0.2) is 23.1 Å². The molecule has 4 rings (SSSR count). The van der Waals surface area contributed by atoms with Crippen molar-refractivity contribution in [3.63, 3.8) is 0 Å². The molecule has 2 aromatic carbocycles. The molecule has 1 amide bonds. The number of benzene rings is 2. The molecule has 0 atom stereocenters. The van der Waals surface area contributed by atoms with Crippen molar-refractivity contribution in [2.45, 2.75) is 0 Å². The summed E-state index contributed by atoms with van der Waals surface area (Å²) >= 11 is 0. The summed E-state index contributed by atoms with van der Waals surface area (Å²) < 4.78 is 5.35. The van der Waals surface area contributed by atoms with E-state index in [4.69, 9.17) is 4.74 Å². The molecule has 0 spiro atoms. The lowest BCUT2D eigenvalue weighted by molar-refractivity contribution is -0.110. The summed E-state index contributed by atoms with van der Waals surface area (Å²) in [4.78, 5) is 15.4. The minimum absolute atomic E-state index is 0.126. The fourth-order valence-corrected chi connectivity index (χ4v) is 3.01. The number of aromatic nitrogens is 1. The summed E-state index contributed by atoms with van der Waals surface area (Å²) in [6.07, 6.45) is 3.66. The van der Waals surface area contributed by atoms with Crippen LogP contribution in [0.1, 0.15) is 11.3 Å². The molecular formula is C20H16N2O3. The van der Waals surface area contributed by atoms with Crippen molar-refractivity contribution < 1.29 is 14.6 Å². The Bertz CT molecular complexity index is 988. The first-order valence-electron chi connectivity index (χ1n) is 7.84. The highest BCUT2D eigenvalue weighted by Gasteiger charge is 2.24. The number of carbonyl (C=O) groups is 1. The Morgan fingerprint density at radius 3 is 2.68 bits per heavy atom. The lowest BCUT2D eigenvalue weighted by Gasteiger charge is -2.10. The molecule has 3 N–H and O–H groups in total. The van der Waals surface area contributed by atoms with E-state index in [-0.39, 0.29) is 11.7 Å². The number of hydrogen-bond acceptors (Lipinski definition) is 3. The Morgan fingerprint density at radius 1 is 1.08 bits per heavy atom. The number of hydrogen-bond donors (Lipinski definition) is 3. The van der Waals surface area contributed by atoms with Gasteiger partial charge in [0.15, 0.2) is 0 Å². The molecule has 1 aliphatic rings. The number of phenolic OH excluding ortho intramolecular Hbond substituents is 1. The van der Waals surface area contributed by atoms with Crippen LogP contribution in [0.25, 0.3) is 22.8 Å². The van der Waals surface area contributed by atoms with E-state index in [2.05, 4.69) is 10.3 Å². The van der Waals surface area contributed by atoms with Crippen molar-refractivity contribution in [3.8, 4) is 22.6 Å². The van der Waals surface area contributed by atoms with Gasteiger partial charge in [0, 0.05) is 34.8 Å². The van der Waals surface area contributed by atoms with Gasteiger partial charge in [-0.25, -0.2) is 0 Å². The first-order valence-corrected chi connectivity index (χ1v) is 7.84. The molecule has 25 heavy (non-hydrogen) atoms. The third kappa shape index (κ3) is 2.65. The fourth-order valence-electron chi connectivity index (χ4n) is 3.01. The largest absolute Gasteiger partial charge is 0.508 e. The zero-order valence-electron chi connectivity index (χ0n) is 13.5. The number of rotatable bonds is 3. The molecule has 0 aliphatic carbocycles. The van der Waals surface area contributed by atoms with Gasteiger partial charge in [-0.1, -0.05) is 12.1 Å². The van der Waals surface area contributed by atoms with Crippen LogP contribution >= 0.6 is 0 Å². The molecule has 0 saturated heterocycles. The fraction of sp³-hybridized carbons (Fsp3) is 0.0500. The number of H-pyrrole nitrogens is 1. The Kier molecular flexibility index (Phi) is 3.54. The van der Waals surface area contributed by atoms with Gasteiger partial charge in [-0.15, -0.1) is 0 Å². The first kappa shape index (κ1) is 15.1. The van der Waals surface area contributed by atoms with Crippen molar-refractivity contribution in [1.29, 1.82) is 0 Å². The first-order chi connectivity index (χ1) is 12.2. The van der Waals surface area contributed by atoms with Gasteiger partial charge in [0.05, 0.1) is 12.7 Å². The SMILES string of the molecule is COc1cc(O)ccc1-c1ccc2c(c1)NC(=O)C2=Cc1ccc[nH]1. The second kappa shape index (κ2) is 5.87. The predicted octanol–water partition coefficient (Wildman–Crippen LogP) is 3.89. The minimum Gasteiger partial charge on any atom is -0.508 e. The number of aromatic hydroxyl groups is 1. The van der Waals surface area contributed by atoms with E-state index in [0.717, 1.165) is 28.1 Å². The molecule has 2 heterocycles. The maximum Gasteiger partial charge on any atom is 0.256 e. The van der Waals surface area contributed by atoms with Crippen molar-refractivity contribution in [1.82, 2.24) is 4.98 Å². The number of phenols is 1. The average molecular weight is 332 g/mol. The van der Waals surface area contributed by atoms with Crippen molar-refractivity contribution in [2.24, 2.45) is 0 Å². The average Bonchev–Trinajstić information content (AvgIpc) is 3.23. The molecule has 1 aliphatic heterocycles. The normalized spacial score (nSPS) is 14.4. The van der Waals surface area contributed by atoms with Crippen LogP contribution in [0.5, 0.6) is 11.5 Å². The number of ether oxygens (including phenoxy) is 1. The maximum absolute atomic E-state index is 12.3. The van der Waals surface area contributed by atoms with E-state index in [1.807, 2.05) is 42.6 Å². The smallest absolute Gasteiger partial charge is 0.256 e. The summed E-state index contributed by atoms with van der Waals surface area (Å²) in [5.41, 5.74) is 4.87. The van der Waals surface area contributed by atoms with Crippen LogP contribution < -0.4 is 10.1 Å². The zero-order chi connectivity index (χ0) is 17.4. The highest BCUT2D eigenvalue weighted by molar-refractivity contribution is 6.35. The van der Waals surface area contributed by atoms with Crippen LogP contribution in [0.15, 0.2) is 54.7 Å². The molecule has 0 saturated carbocycles. The Labute approximate surface area is 144 Å². The van der Waals surface area contributed by atoms with Crippen molar-refractivity contribution in [3.05, 3.63) is 66.0 Å². The van der Waals surface area contributed by atoms with Crippen LogP contribution in [0.4, 0.5) is 5.69 Å². The molecule has 5 nitrogen and oxygen atoms in total. The summed E-state index contributed by atoms with van der Waals surface area (Å²) in [5.74, 6) is 0.595. The van der Waals surface area contributed by atoms with Gasteiger partial charge >= 0.3 is 0 Å². The van der Waals surface area contributed by atoms with Gasteiger partial charge in [-0.05, 0) is 42.0 Å². The Hall–Kier alpha value is -3.47. The molecule has 0 unspecified atom stereocenters. The zero-order valence-corrected chi connectivity index (χ0v) is 13.5. The van der Waals surface area contributed by atoms with E-state index >= 15 is 0 Å². The van der Waals surface area contributed by atoms with E-state index in [1.54, 1.807) is 25.3 Å². The molecule has 0 bridgehead atoms. The van der Waals surface area contributed by atoms with Gasteiger partial charge in [-0.2, -0.15) is 0 Å². The number of methoxy groups -OCH3 is 1. The van der Waals surface area contributed by atoms with Gasteiger partial charge in [-0.3, -0.25) is 4.79 Å². The maximum atomic E-state index is 12.3. The van der Waals surface area contributed by atoms with Gasteiger partial charge in [0.25, 0.3) is 5.91 Å². The molecule has 124 valence electrons. The number of fused-ring (bicyclic) bond motifs is 1. The Balaban J connectivity index is 1.78. The summed E-state index contributed by atoms with van der Waals surface area (Å²) in [6, 6.07) is 14.5. The molecule has 0 fully saturated rings. The van der Waals surface area contributed by atoms with E-state index < -0.39 is 0 Å². The predicted molar refractivity (Wildman–Crippen MR) is 97.4 cm³/mol. The lowest BCUT2D eigenvalue weighted by atomic mass is 9.99. The van der Waals surface area contributed by atoms with Gasteiger partial charge in [0.1, 0.15) is 11.5 Å². The monoisotopic (exact) mass is 332 g/mol. The van der Waals surface area contributed by atoms with Crippen LogP contribution in [0.2, 0.25) is 0 Å². The molecule has 3 aromatic rings. The quantitative estimate of drug-likeness (QED) is 0.637. The van der Waals surface area contributed by atoms with Gasteiger partial charge < -0.3 is 20.1 Å². The second-order valence-corrected chi connectivity index (χ2v) is 5.78. The minimum atomic E-state index is -0.126. The highest BCUT2D eigenvalue weighted by atomic mass is 16.5. The number of aromatic amines is 1. The summed E-state index contributed by atoms with van der Waals surface area (Å²) in [5, 5.41) is 12.5. The topological polar surface area (TPSA) is 74.3 Å². The standard InChI is InChI=1S/C20H16N2O3/c1-25-19-11-14(23)5-7-15(19)12-4-6-16-17(10-13-3-2-8-21-13)20(24)22-18(16)9-12/h2-11,21,23H,1H3,(H,22,24). The third-order valence-electron chi connectivity index (χ3n) is 4.22. The molecule has 1 aromatic heterocycles.